The molecular formula is C14H23N3. The van der Waals surface area contributed by atoms with Gasteiger partial charge in [0.05, 0.1) is 0 Å². The lowest BCUT2D eigenvalue weighted by atomic mass is 10.1. The fraction of sp³-hybridized carbons (Fsp3) is 0.571. The maximum atomic E-state index is 5.81. The van der Waals surface area contributed by atoms with Gasteiger partial charge in [-0.2, -0.15) is 0 Å². The van der Waals surface area contributed by atoms with Crippen LogP contribution in [0.2, 0.25) is 0 Å². The molecule has 1 aliphatic rings. The summed E-state index contributed by atoms with van der Waals surface area (Å²) in [5, 5.41) is 3.51. The van der Waals surface area contributed by atoms with E-state index in [-0.39, 0.29) is 0 Å². The molecule has 1 aromatic carbocycles. The monoisotopic (exact) mass is 233 g/mol. The maximum absolute atomic E-state index is 5.81. The van der Waals surface area contributed by atoms with Crippen LogP contribution in [0, 0.1) is 6.92 Å². The minimum absolute atomic E-state index is 0.596. The molecule has 0 aromatic heterocycles. The van der Waals surface area contributed by atoms with Crippen molar-refractivity contribution in [3.63, 3.8) is 0 Å². The second-order valence-electron chi connectivity index (χ2n) is 5.05. The van der Waals surface area contributed by atoms with E-state index >= 15 is 0 Å². The van der Waals surface area contributed by atoms with Gasteiger partial charge in [0.2, 0.25) is 0 Å². The smallest absolute Gasteiger partial charge is 0.0391 e. The molecule has 1 aromatic rings. The first-order valence-electron chi connectivity index (χ1n) is 6.51. The summed E-state index contributed by atoms with van der Waals surface area (Å²) in [6.45, 7) is 7.89. The molecule has 0 aliphatic carbocycles. The summed E-state index contributed by atoms with van der Waals surface area (Å²) in [6, 6.07) is 6.63. The number of rotatable bonds is 4. The zero-order valence-corrected chi connectivity index (χ0v) is 10.9. The molecule has 2 rings (SSSR count). The molecule has 3 nitrogen and oxygen atoms in total. The van der Waals surface area contributed by atoms with E-state index in [9.17, 15) is 0 Å². The zero-order chi connectivity index (χ0) is 12.3. The molecule has 1 saturated heterocycles. The Morgan fingerprint density at radius 3 is 2.76 bits per heavy atom. The van der Waals surface area contributed by atoms with Gasteiger partial charge in [-0.05, 0) is 57.5 Å². The number of nitrogens with zero attached hydrogens (tertiary/aromatic N) is 1. The van der Waals surface area contributed by atoms with E-state index in [1.54, 1.807) is 0 Å². The highest BCUT2D eigenvalue weighted by atomic mass is 15.2. The molecule has 0 saturated carbocycles. The van der Waals surface area contributed by atoms with Crippen molar-refractivity contribution >= 4 is 11.4 Å². The summed E-state index contributed by atoms with van der Waals surface area (Å²) in [5.74, 6) is 0. The number of nitrogens with one attached hydrogen (secondary N) is 1. The largest absolute Gasteiger partial charge is 0.399 e. The Morgan fingerprint density at radius 1 is 1.35 bits per heavy atom. The van der Waals surface area contributed by atoms with E-state index in [2.05, 4.69) is 30.1 Å². The van der Waals surface area contributed by atoms with Gasteiger partial charge in [0.25, 0.3) is 0 Å². The van der Waals surface area contributed by atoms with Crippen LogP contribution in [-0.4, -0.2) is 30.6 Å². The van der Waals surface area contributed by atoms with Crippen LogP contribution in [0.15, 0.2) is 18.2 Å². The Balaban J connectivity index is 1.90. The Bertz CT molecular complexity index is 370. The minimum Gasteiger partial charge on any atom is -0.399 e. The number of nitrogen functional groups attached to an aromatic ring is 1. The maximum Gasteiger partial charge on any atom is 0.0391 e. The summed E-state index contributed by atoms with van der Waals surface area (Å²) in [4.78, 5) is 2.55. The topological polar surface area (TPSA) is 41.3 Å². The van der Waals surface area contributed by atoms with Gasteiger partial charge in [-0.15, -0.1) is 0 Å². The summed E-state index contributed by atoms with van der Waals surface area (Å²) >= 11 is 0. The standard InChI is InChI=1S/C14H23N3/c1-11-5-6-13(15)9-14(11)16-10-12(2)17-7-3-4-8-17/h5-6,9,12,16H,3-4,7-8,10,15H2,1-2H3. The second-order valence-corrected chi connectivity index (χ2v) is 5.05. The van der Waals surface area contributed by atoms with Crippen LogP contribution in [0.3, 0.4) is 0 Å². The van der Waals surface area contributed by atoms with E-state index in [0.29, 0.717) is 6.04 Å². The summed E-state index contributed by atoms with van der Waals surface area (Å²) in [6.07, 6.45) is 2.70. The van der Waals surface area contributed by atoms with Crippen LogP contribution >= 0.6 is 0 Å². The Morgan fingerprint density at radius 2 is 2.06 bits per heavy atom. The van der Waals surface area contributed by atoms with Gasteiger partial charge < -0.3 is 11.1 Å². The third-order valence-corrected chi connectivity index (χ3v) is 3.61. The second kappa shape index (κ2) is 5.41. The van der Waals surface area contributed by atoms with Crippen molar-refractivity contribution in [2.24, 2.45) is 0 Å². The highest BCUT2D eigenvalue weighted by Crippen LogP contribution is 2.19. The van der Waals surface area contributed by atoms with Gasteiger partial charge in [-0.1, -0.05) is 6.07 Å². The van der Waals surface area contributed by atoms with E-state index in [1.807, 2.05) is 12.1 Å². The van der Waals surface area contributed by atoms with Crippen LogP contribution in [0.5, 0.6) is 0 Å². The third kappa shape index (κ3) is 3.13. The van der Waals surface area contributed by atoms with Gasteiger partial charge in [-0.3, -0.25) is 4.90 Å². The Hall–Kier alpha value is -1.22. The lowest BCUT2D eigenvalue weighted by molar-refractivity contribution is 0.269. The van der Waals surface area contributed by atoms with Crippen LogP contribution < -0.4 is 11.1 Å². The predicted octanol–water partition coefficient (Wildman–Crippen LogP) is 2.47. The number of aryl methyl sites for hydroxylation is 1. The van der Waals surface area contributed by atoms with Gasteiger partial charge in [0, 0.05) is 24.0 Å². The fourth-order valence-corrected chi connectivity index (χ4v) is 2.40. The average molecular weight is 233 g/mol. The molecule has 0 spiro atoms. The predicted molar refractivity (Wildman–Crippen MR) is 74.4 cm³/mol. The molecule has 17 heavy (non-hydrogen) atoms. The van der Waals surface area contributed by atoms with Crippen molar-refractivity contribution in [1.82, 2.24) is 4.90 Å². The highest BCUT2D eigenvalue weighted by molar-refractivity contribution is 5.59. The summed E-state index contributed by atoms with van der Waals surface area (Å²) in [5.41, 5.74) is 9.05. The number of hydrogen-bond acceptors (Lipinski definition) is 3. The first-order valence-corrected chi connectivity index (χ1v) is 6.51. The average Bonchev–Trinajstić information content (AvgIpc) is 2.83. The first kappa shape index (κ1) is 12.2. The molecule has 1 aliphatic heterocycles. The van der Waals surface area contributed by atoms with Gasteiger partial charge in [0.15, 0.2) is 0 Å². The van der Waals surface area contributed by atoms with E-state index in [1.165, 1.54) is 31.5 Å². The molecule has 1 unspecified atom stereocenters. The number of hydrogen-bond donors (Lipinski definition) is 2. The lowest BCUT2D eigenvalue weighted by Crippen LogP contribution is -2.35. The van der Waals surface area contributed by atoms with Crippen LogP contribution in [0.4, 0.5) is 11.4 Å². The van der Waals surface area contributed by atoms with Crippen molar-refractivity contribution < 1.29 is 0 Å². The normalized spacial score (nSPS) is 18.2. The van der Waals surface area contributed by atoms with E-state index < -0.39 is 0 Å². The van der Waals surface area contributed by atoms with Crippen molar-refractivity contribution in [2.75, 3.05) is 30.7 Å². The van der Waals surface area contributed by atoms with E-state index in [0.717, 1.165) is 17.9 Å². The summed E-state index contributed by atoms with van der Waals surface area (Å²) in [7, 11) is 0. The van der Waals surface area contributed by atoms with Gasteiger partial charge in [-0.25, -0.2) is 0 Å². The quantitative estimate of drug-likeness (QED) is 0.785. The highest BCUT2D eigenvalue weighted by Gasteiger charge is 2.17. The molecular weight excluding hydrogens is 210 g/mol. The molecule has 0 bridgehead atoms. The van der Waals surface area contributed by atoms with Crippen LogP contribution in [-0.2, 0) is 0 Å². The van der Waals surface area contributed by atoms with Crippen molar-refractivity contribution in [3.8, 4) is 0 Å². The number of benzene rings is 1. The molecule has 0 radical (unpaired) electrons. The van der Waals surface area contributed by atoms with Crippen molar-refractivity contribution in [2.45, 2.75) is 32.7 Å². The van der Waals surface area contributed by atoms with Gasteiger partial charge in [0.1, 0.15) is 0 Å². The molecule has 1 fully saturated rings. The first-order chi connectivity index (χ1) is 8.16. The van der Waals surface area contributed by atoms with Crippen molar-refractivity contribution in [1.29, 1.82) is 0 Å². The zero-order valence-electron chi connectivity index (χ0n) is 10.9. The molecule has 3 heteroatoms. The van der Waals surface area contributed by atoms with Crippen LogP contribution in [0.1, 0.15) is 25.3 Å². The molecule has 1 heterocycles. The third-order valence-electron chi connectivity index (χ3n) is 3.61. The van der Waals surface area contributed by atoms with Crippen molar-refractivity contribution in [3.05, 3.63) is 23.8 Å². The Kier molecular flexibility index (Phi) is 3.89. The summed E-state index contributed by atoms with van der Waals surface area (Å²) < 4.78 is 0. The molecule has 1 atom stereocenters. The SMILES string of the molecule is Cc1ccc(N)cc1NCC(C)N1CCCC1. The molecule has 3 N–H and O–H groups in total. The number of nitrogens with two attached hydrogens (primary N) is 1. The number of likely N-dealkylation sites (tertiary alicyclic amines) is 1. The fourth-order valence-electron chi connectivity index (χ4n) is 2.40. The lowest BCUT2D eigenvalue weighted by Gasteiger charge is -2.24. The van der Waals surface area contributed by atoms with Gasteiger partial charge >= 0.3 is 0 Å². The molecule has 0 amide bonds. The Labute approximate surface area is 104 Å². The molecule has 94 valence electrons. The number of anilines is 2. The van der Waals surface area contributed by atoms with Crippen LogP contribution in [0.25, 0.3) is 0 Å². The minimum atomic E-state index is 0.596. The van der Waals surface area contributed by atoms with E-state index in [4.69, 9.17) is 5.73 Å².